The molecule has 0 aliphatic rings. The van der Waals surface area contributed by atoms with E-state index in [0.717, 1.165) is 0 Å². The Bertz CT molecular complexity index is 644. The molecule has 2 rings (SSSR count). The summed E-state index contributed by atoms with van der Waals surface area (Å²) in [6, 6.07) is 12.9. The van der Waals surface area contributed by atoms with Crippen molar-refractivity contribution in [1.82, 2.24) is 0 Å². The van der Waals surface area contributed by atoms with Crippen LogP contribution in [0.3, 0.4) is 0 Å². The standard InChI is InChI=1S/C14H11BrN2O3/c15-9-6-7-11(13(18)19)12(8-9)17-14(20)16-10-4-2-1-3-5-10/h1-8H,(H,18,19)(H2,16,17,20). The zero-order chi connectivity index (χ0) is 14.5. The van der Waals surface area contributed by atoms with Gasteiger partial charge in [-0.2, -0.15) is 0 Å². The van der Waals surface area contributed by atoms with Crippen LogP contribution in [0, 0.1) is 0 Å². The van der Waals surface area contributed by atoms with Gasteiger partial charge in [-0.25, -0.2) is 9.59 Å². The Hall–Kier alpha value is -2.34. The minimum atomic E-state index is -1.10. The number of amides is 2. The van der Waals surface area contributed by atoms with Crippen LogP contribution in [-0.4, -0.2) is 17.1 Å². The van der Waals surface area contributed by atoms with Crippen LogP contribution in [0.1, 0.15) is 10.4 Å². The summed E-state index contributed by atoms with van der Waals surface area (Å²) >= 11 is 3.24. The fraction of sp³-hybridized carbons (Fsp3) is 0. The van der Waals surface area contributed by atoms with Crippen LogP contribution in [0.25, 0.3) is 0 Å². The van der Waals surface area contributed by atoms with Gasteiger partial charge in [-0.05, 0) is 30.3 Å². The average molecular weight is 335 g/mol. The maximum Gasteiger partial charge on any atom is 0.337 e. The molecule has 0 aliphatic carbocycles. The maximum absolute atomic E-state index is 11.8. The monoisotopic (exact) mass is 334 g/mol. The summed E-state index contributed by atoms with van der Waals surface area (Å²) in [6.07, 6.45) is 0. The van der Waals surface area contributed by atoms with Crippen molar-refractivity contribution in [3.63, 3.8) is 0 Å². The average Bonchev–Trinajstić information content (AvgIpc) is 2.39. The molecule has 0 saturated carbocycles. The van der Waals surface area contributed by atoms with Gasteiger partial charge in [0, 0.05) is 10.2 Å². The molecule has 5 nitrogen and oxygen atoms in total. The molecule has 0 bridgehead atoms. The van der Waals surface area contributed by atoms with Crippen molar-refractivity contribution in [3.05, 3.63) is 58.6 Å². The third-order valence-corrected chi connectivity index (χ3v) is 2.99. The minimum Gasteiger partial charge on any atom is -0.478 e. The first kappa shape index (κ1) is 14.1. The van der Waals surface area contributed by atoms with E-state index in [-0.39, 0.29) is 11.3 Å². The van der Waals surface area contributed by atoms with Crippen molar-refractivity contribution in [2.45, 2.75) is 0 Å². The van der Waals surface area contributed by atoms with Crippen LogP contribution in [0.5, 0.6) is 0 Å². The molecule has 0 atom stereocenters. The highest BCUT2D eigenvalue weighted by Gasteiger charge is 2.12. The number of nitrogens with one attached hydrogen (secondary N) is 2. The number of urea groups is 1. The van der Waals surface area contributed by atoms with Gasteiger partial charge in [0.1, 0.15) is 0 Å². The van der Waals surface area contributed by atoms with Gasteiger partial charge >= 0.3 is 12.0 Å². The highest BCUT2D eigenvalue weighted by molar-refractivity contribution is 9.10. The fourth-order valence-electron chi connectivity index (χ4n) is 1.61. The Morgan fingerprint density at radius 2 is 1.70 bits per heavy atom. The Morgan fingerprint density at radius 1 is 1.00 bits per heavy atom. The molecule has 0 aliphatic heterocycles. The van der Waals surface area contributed by atoms with Crippen LogP contribution < -0.4 is 10.6 Å². The number of carbonyl (C=O) groups excluding carboxylic acids is 1. The maximum atomic E-state index is 11.8. The molecule has 0 heterocycles. The van der Waals surface area contributed by atoms with E-state index in [1.54, 1.807) is 30.3 Å². The van der Waals surface area contributed by atoms with Crippen LogP contribution in [-0.2, 0) is 0 Å². The smallest absolute Gasteiger partial charge is 0.337 e. The quantitative estimate of drug-likeness (QED) is 0.798. The summed E-state index contributed by atoms with van der Waals surface area (Å²) in [7, 11) is 0. The molecule has 0 saturated heterocycles. The van der Waals surface area contributed by atoms with E-state index in [2.05, 4.69) is 26.6 Å². The van der Waals surface area contributed by atoms with E-state index in [1.807, 2.05) is 6.07 Å². The number of carbonyl (C=O) groups is 2. The molecule has 0 spiro atoms. The molecule has 0 radical (unpaired) electrons. The summed E-state index contributed by atoms with van der Waals surface area (Å²) < 4.78 is 0.678. The number of halogens is 1. The van der Waals surface area contributed by atoms with Crippen molar-refractivity contribution in [2.24, 2.45) is 0 Å². The van der Waals surface area contributed by atoms with E-state index in [1.165, 1.54) is 12.1 Å². The number of hydrogen-bond donors (Lipinski definition) is 3. The summed E-state index contributed by atoms with van der Waals surface area (Å²) in [5, 5.41) is 14.2. The zero-order valence-corrected chi connectivity index (χ0v) is 11.8. The van der Waals surface area contributed by atoms with E-state index >= 15 is 0 Å². The third kappa shape index (κ3) is 3.58. The molecule has 20 heavy (non-hydrogen) atoms. The number of carboxylic acid groups (broad SMARTS) is 1. The summed E-state index contributed by atoms with van der Waals surface area (Å²) in [6.45, 7) is 0. The minimum absolute atomic E-state index is 0.0245. The lowest BCUT2D eigenvalue weighted by Gasteiger charge is -2.10. The van der Waals surface area contributed by atoms with Gasteiger partial charge < -0.3 is 15.7 Å². The van der Waals surface area contributed by atoms with E-state index < -0.39 is 12.0 Å². The summed E-state index contributed by atoms with van der Waals surface area (Å²) in [5.41, 5.74) is 0.869. The largest absolute Gasteiger partial charge is 0.478 e. The van der Waals surface area contributed by atoms with Crippen LogP contribution >= 0.6 is 15.9 Å². The van der Waals surface area contributed by atoms with Gasteiger partial charge in [0.2, 0.25) is 0 Å². The SMILES string of the molecule is O=C(Nc1ccccc1)Nc1cc(Br)ccc1C(=O)O. The second-order valence-corrected chi connectivity index (χ2v) is 4.86. The molecule has 102 valence electrons. The number of carboxylic acids is 1. The Kier molecular flexibility index (Phi) is 4.37. The summed E-state index contributed by atoms with van der Waals surface area (Å²) in [4.78, 5) is 22.9. The van der Waals surface area contributed by atoms with Crippen molar-refractivity contribution < 1.29 is 14.7 Å². The fourth-order valence-corrected chi connectivity index (χ4v) is 1.97. The van der Waals surface area contributed by atoms with E-state index in [9.17, 15) is 9.59 Å². The van der Waals surface area contributed by atoms with E-state index in [4.69, 9.17) is 5.11 Å². The van der Waals surface area contributed by atoms with Gasteiger partial charge in [0.05, 0.1) is 11.3 Å². The summed E-state index contributed by atoms with van der Waals surface area (Å²) in [5.74, 6) is -1.10. The molecule has 2 aromatic rings. The first-order valence-electron chi connectivity index (χ1n) is 5.72. The lowest BCUT2D eigenvalue weighted by molar-refractivity contribution is 0.0698. The molecule has 2 aromatic carbocycles. The van der Waals surface area contributed by atoms with Gasteiger partial charge in [-0.3, -0.25) is 0 Å². The van der Waals surface area contributed by atoms with Crippen molar-refractivity contribution in [1.29, 1.82) is 0 Å². The lowest BCUT2D eigenvalue weighted by atomic mass is 10.2. The zero-order valence-electron chi connectivity index (χ0n) is 10.3. The highest BCUT2D eigenvalue weighted by atomic mass is 79.9. The molecule has 0 unspecified atom stereocenters. The van der Waals surface area contributed by atoms with Crippen molar-refractivity contribution in [2.75, 3.05) is 10.6 Å². The first-order chi connectivity index (χ1) is 9.56. The van der Waals surface area contributed by atoms with Crippen LogP contribution in [0.2, 0.25) is 0 Å². The van der Waals surface area contributed by atoms with Gasteiger partial charge in [0.25, 0.3) is 0 Å². The van der Waals surface area contributed by atoms with Gasteiger partial charge in [-0.1, -0.05) is 34.1 Å². The van der Waals surface area contributed by atoms with Crippen molar-refractivity contribution >= 4 is 39.3 Å². The Morgan fingerprint density at radius 3 is 2.35 bits per heavy atom. The number of rotatable bonds is 3. The lowest BCUT2D eigenvalue weighted by Crippen LogP contribution is -2.21. The number of aromatic carboxylic acids is 1. The number of benzene rings is 2. The topological polar surface area (TPSA) is 78.4 Å². The molecular weight excluding hydrogens is 324 g/mol. The number of anilines is 2. The Labute approximate surface area is 123 Å². The number of hydrogen-bond acceptors (Lipinski definition) is 2. The van der Waals surface area contributed by atoms with E-state index in [0.29, 0.717) is 10.2 Å². The third-order valence-electron chi connectivity index (χ3n) is 2.49. The molecule has 0 fully saturated rings. The Balaban J connectivity index is 2.15. The van der Waals surface area contributed by atoms with Gasteiger partial charge in [-0.15, -0.1) is 0 Å². The molecule has 6 heteroatoms. The normalized spacial score (nSPS) is 9.85. The second-order valence-electron chi connectivity index (χ2n) is 3.94. The molecule has 0 aromatic heterocycles. The predicted molar refractivity (Wildman–Crippen MR) is 80.2 cm³/mol. The molecule has 2 amide bonds. The number of para-hydroxylation sites is 1. The van der Waals surface area contributed by atoms with Crippen LogP contribution in [0.15, 0.2) is 53.0 Å². The molecule has 3 N–H and O–H groups in total. The van der Waals surface area contributed by atoms with Crippen molar-refractivity contribution in [3.8, 4) is 0 Å². The second kappa shape index (κ2) is 6.21. The highest BCUT2D eigenvalue weighted by Crippen LogP contribution is 2.21. The predicted octanol–water partition coefficient (Wildman–Crippen LogP) is 3.79. The van der Waals surface area contributed by atoms with Gasteiger partial charge in [0.15, 0.2) is 0 Å². The van der Waals surface area contributed by atoms with Crippen LogP contribution in [0.4, 0.5) is 16.2 Å². The first-order valence-corrected chi connectivity index (χ1v) is 6.51. The molecular formula is C14H11BrN2O3.